The second-order valence-electron chi connectivity index (χ2n) is 5.60. The van der Waals surface area contributed by atoms with Crippen LogP contribution in [0.5, 0.6) is 5.75 Å². The van der Waals surface area contributed by atoms with Crippen LogP contribution in [0.4, 0.5) is 11.4 Å². The minimum absolute atomic E-state index is 0.0411. The first-order chi connectivity index (χ1) is 12.9. The Bertz CT molecular complexity index is 997. The van der Waals surface area contributed by atoms with Crippen molar-refractivity contribution in [1.29, 1.82) is 0 Å². The second kappa shape index (κ2) is 7.79. The quantitative estimate of drug-likeness (QED) is 0.304. The van der Waals surface area contributed by atoms with E-state index in [4.69, 9.17) is 4.74 Å². The molecule has 0 saturated carbocycles. The van der Waals surface area contributed by atoms with E-state index in [2.05, 4.69) is 5.32 Å². The molecule has 0 unspecified atom stereocenters. The number of nitro groups is 1. The molecule has 7 nitrogen and oxygen atoms in total. The molecule has 0 saturated heterocycles. The molecule has 0 aliphatic carbocycles. The number of carbonyl (C=O) groups excluding carboxylic acids is 2. The number of nitrogens with one attached hydrogen (secondary N) is 1. The van der Waals surface area contributed by atoms with Crippen LogP contribution >= 0.6 is 11.3 Å². The number of benzene rings is 2. The van der Waals surface area contributed by atoms with Crippen LogP contribution in [0.15, 0.2) is 60.0 Å². The van der Waals surface area contributed by atoms with E-state index < -0.39 is 10.9 Å². The molecule has 1 N–H and O–H groups in total. The first kappa shape index (κ1) is 18.3. The summed E-state index contributed by atoms with van der Waals surface area (Å²) in [6.45, 7) is 1.57. The predicted molar refractivity (Wildman–Crippen MR) is 102 cm³/mol. The van der Waals surface area contributed by atoms with Crippen LogP contribution in [0.3, 0.4) is 0 Å². The summed E-state index contributed by atoms with van der Waals surface area (Å²) in [5.74, 6) is -0.598. The molecule has 1 heterocycles. The molecular weight excluding hydrogens is 368 g/mol. The van der Waals surface area contributed by atoms with E-state index in [1.807, 2.05) is 5.38 Å². The summed E-state index contributed by atoms with van der Waals surface area (Å²) in [5.41, 5.74) is 1.20. The number of hydrogen-bond donors (Lipinski definition) is 1. The zero-order valence-electron chi connectivity index (χ0n) is 14.2. The molecule has 2 aromatic carbocycles. The van der Waals surface area contributed by atoms with Gasteiger partial charge in [0, 0.05) is 17.3 Å². The average Bonchev–Trinajstić information content (AvgIpc) is 3.17. The first-order valence-corrected chi connectivity index (χ1v) is 8.74. The van der Waals surface area contributed by atoms with Gasteiger partial charge < -0.3 is 10.1 Å². The zero-order valence-corrected chi connectivity index (χ0v) is 15.0. The highest BCUT2D eigenvalue weighted by atomic mass is 32.1. The smallest absolute Gasteiger partial charge is 0.343 e. The fourth-order valence-corrected chi connectivity index (χ4v) is 2.97. The fraction of sp³-hybridized carbons (Fsp3) is 0.0526. The fourth-order valence-electron chi connectivity index (χ4n) is 2.35. The average molecular weight is 382 g/mol. The number of aryl methyl sites for hydroxylation is 1. The SMILES string of the molecule is Cc1cc(OC(=O)c2ccc(NC(=O)c3cccs3)cc2)ccc1[N+](=O)[O-]. The number of thiophene rings is 1. The monoisotopic (exact) mass is 382 g/mol. The van der Waals surface area contributed by atoms with Crippen molar-refractivity contribution in [2.45, 2.75) is 6.92 Å². The van der Waals surface area contributed by atoms with Crippen LogP contribution < -0.4 is 10.1 Å². The molecule has 3 rings (SSSR count). The lowest BCUT2D eigenvalue weighted by molar-refractivity contribution is -0.385. The molecule has 0 fully saturated rings. The summed E-state index contributed by atoms with van der Waals surface area (Å²) in [6, 6.07) is 13.9. The largest absolute Gasteiger partial charge is 0.423 e. The van der Waals surface area contributed by atoms with E-state index in [1.54, 1.807) is 31.2 Å². The standard InChI is InChI=1S/C19H14N2O5S/c1-12-11-15(8-9-16(12)21(24)25)26-19(23)13-4-6-14(7-5-13)20-18(22)17-3-2-10-27-17/h2-11H,1H3,(H,20,22). The van der Waals surface area contributed by atoms with Gasteiger partial charge in [-0.3, -0.25) is 14.9 Å². The van der Waals surface area contributed by atoms with Crippen molar-refractivity contribution in [1.82, 2.24) is 0 Å². The summed E-state index contributed by atoms with van der Waals surface area (Å²) in [5, 5.41) is 15.4. The molecule has 1 aromatic heterocycles. The topological polar surface area (TPSA) is 98.5 Å². The number of hydrogen-bond acceptors (Lipinski definition) is 6. The maximum atomic E-state index is 12.2. The summed E-state index contributed by atoms with van der Waals surface area (Å²) < 4.78 is 5.25. The van der Waals surface area contributed by atoms with Crippen molar-refractivity contribution in [2.75, 3.05) is 5.32 Å². The Kier molecular flexibility index (Phi) is 5.28. The van der Waals surface area contributed by atoms with Gasteiger partial charge in [0.1, 0.15) is 5.75 Å². The van der Waals surface area contributed by atoms with E-state index in [1.165, 1.54) is 41.7 Å². The highest BCUT2D eigenvalue weighted by Crippen LogP contribution is 2.24. The zero-order chi connectivity index (χ0) is 19.4. The number of rotatable bonds is 5. The Balaban J connectivity index is 1.66. The van der Waals surface area contributed by atoms with E-state index in [9.17, 15) is 19.7 Å². The Hall–Kier alpha value is -3.52. The summed E-state index contributed by atoms with van der Waals surface area (Å²) >= 11 is 1.34. The van der Waals surface area contributed by atoms with Gasteiger partial charge in [-0.1, -0.05) is 6.07 Å². The number of amides is 1. The van der Waals surface area contributed by atoms with Gasteiger partial charge in [-0.05, 0) is 54.8 Å². The van der Waals surface area contributed by atoms with E-state index in [0.717, 1.165) is 0 Å². The molecular formula is C19H14N2O5S. The van der Waals surface area contributed by atoms with Crippen molar-refractivity contribution in [2.24, 2.45) is 0 Å². The van der Waals surface area contributed by atoms with Crippen molar-refractivity contribution in [3.63, 3.8) is 0 Å². The van der Waals surface area contributed by atoms with Gasteiger partial charge in [0.2, 0.25) is 0 Å². The number of esters is 1. The maximum Gasteiger partial charge on any atom is 0.343 e. The van der Waals surface area contributed by atoms with Crippen LogP contribution in [-0.4, -0.2) is 16.8 Å². The lowest BCUT2D eigenvalue weighted by atomic mass is 10.2. The van der Waals surface area contributed by atoms with Gasteiger partial charge in [0.25, 0.3) is 11.6 Å². The first-order valence-electron chi connectivity index (χ1n) is 7.86. The van der Waals surface area contributed by atoms with Crippen LogP contribution in [0.1, 0.15) is 25.6 Å². The molecule has 8 heteroatoms. The predicted octanol–water partition coefficient (Wildman–Crippen LogP) is 4.44. The van der Waals surface area contributed by atoms with Crippen molar-refractivity contribution >= 4 is 34.6 Å². The number of ether oxygens (including phenoxy) is 1. The molecule has 0 spiro atoms. The molecule has 3 aromatic rings. The van der Waals surface area contributed by atoms with Crippen molar-refractivity contribution < 1.29 is 19.2 Å². The summed E-state index contributed by atoms with van der Waals surface area (Å²) in [6.07, 6.45) is 0. The summed E-state index contributed by atoms with van der Waals surface area (Å²) in [4.78, 5) is 35.1. The van der Waals surface area contributed by atoms with Gasteiger partial charge in [-0.2, -0.15) is 0 Å². The van der Waals surface area contributed by atoms with Gasteiger partial charge in [0.15, 0.2) is 0 Å². The minimum Gasteiger partial charge on any atom is -0.423 e. The van der Waals surface area contributed by atoms with Crippen LogP contribution in [0.2, 0.25) is 0 Å². The third-order valence-corrected chi connectivity index (χ3v) is 4.57. The molecule has 0 radical (unpaired) electrons. The molecule has 136 valence electrons. The number of nitrogens with zero attached hydrogens (tertiary/aromatic N) is 1. The van der Waals surface area contributed by atoms with Crippen LogP contribution in [0, 0.1) is 17.0 Å². The van der Waals surface area contributed by atoms with Crippen molar-refractivity contribution in [3.8, 4) is 5.75 Å². The molecule has 0 atom stereocenters. The van der Waals surface area contributed by atoms with E-state index in [0.29, 0.717) is 21.7 Å². The van der Waals surface area contributed by atoms with Gasteiger partial charge in [-0.15, -0.1) is 11.3 Å². The van der Waals surface area contributed by atoms with E-state index in [-0.39, 0.29) is 17.3 Å². The van der Waals surface area contributed by atoms with E-state index >= 15 is 0 Å². The number of nitro benzene ring substituents is 1. The third-order valence-electron chi connectivity index (χ3n) is 3.70. The Morgan fingerprint density at radius 2 is 1.85 bits per heavy atom. The normalized spacial score (nSPS) is 10.3. The third kappa shape index (κ3) is 4.36. The maximum absolute atomic E-state index is 12.2. The Labute approximate surface area is 158 Å². The highest BCUT2D eigenvalue weighted by Gasteiger charge is 2.14. The molecule has 1 amide bonds. The molecule has 0 bridgehead atoms. The molecule has 0 aliphatic rings. The lowest BCUT2D eigenvalue weighted by Gasteiger charge is -2.07. The second-order valence-corrected chi connectivity index (χ2v) is 6.55. The van der Waals surface area contributed by atoms with Crippen LogP contribution in [0.25, 0.3) is 0 Å². The van der Waals surface area contributed by atoms with Gasteiger partial charge in [-0.25, -0.2) is 4.79 Å². The Morgan fingerprint density at radius 3 is 2.44 bits per heavy atom. The summed E-state index contributed by atoms with van der Waals surface area (Å²) in [7, 11) is 0. The highest BCUT2D eigenvalue weighted by molar-refractivity contribution is 7.12. The number of anilines is 1. The molecule has 0 aliphatic heterocycles. The lowest BCUT2D eigenvalue weighted by Crippen LogP contribution is -2.11. The van der Waals surface area contributed by atoms with Gasteiger partial charge >= 0.3 is 5.97 Å². The minimum atomic E-state index is -0.598. The van der Waals surface area contributed by atoms with Gasteiger partial charge in [0.05, 0.1) is 15.4 Å². The van der Waals surface area contributed by atoms with Crippen LogP contribution in [-0.2, 0) is 0 Å². The Morgan fingerprint density at radius 1 is 1.11 bits per heavy atom. The van der Waals surface area contributed by atoms with Crippen molar-refractivity contribution in [3.05, 3.63) is 86.1 Å². The molecule has 27 heavy (non-hydrogen) atoms. The number of carbonyl (C=O) groups is 2.